The molecule has 2 aromatic carbocycles. The highest BCUT2D eigenvalue weighted by molar-refractivity contribution is 5.95. The summed E-state index contributed by atoms with van der Waals surface area (Å²) in [5.41, 5.74) is 4.39. The van der Waals surface area contributed by atoms with E-state index in [0.717, 1.165) is 0 Å². The third-order valence-electron chi connectivity index (χ3n) is 4.09. The summed E-state index contributed by atoms with van der Waals surface area (Å²) in [5.74, 6) is 0.225. The molecule has 0 aliphatic carbocycles. The molecule has 0 atom stereocenters. The van der Waals surface area contributed by atoms with Crippen LogP contribution in [0.15, 0.2) is 64.1 Å². The molecular weight excluding hydrogens is 360 g/mol. The SMILES string of the molecule is COc1ccc(C(=O)N/N=C\c2ccc(-c3ccc(C)c(C(=O)O)c3)o2)cc1. The van der Waals surface area contributed by atoms with E-state index >= 15 is 0 Å². The largest absolute Gasteiger partial charge is 0.497 e. The van der Waals surface area contributed by atoms with Crippen molar-refractivity contribution in [1.82, 2.24) is 5.43 Å². The lowest BCUT2D eigenvalue weighted by Crippen LogP contribution is -2.17. The van der Waals surface area contributed by atoms with Crippen LogP contribution in [0.5, 0.6) is 5.75 Å². The van der Waals surface area contributed by atoms with Gasteiger partial charge in [0.25, 0.3) is 5.91 Å². The fourth-order valence-corrected chi connectivity index (χ4v) is 2.54. The van der Waals surface area contributed by atoms with Gasteiger partial charge < -0.3 is 14.3 Å². The monoisotopic (exact) mass is 378 g/mol. The number of carbonyl (C=O) groups excluding carboxylic acids is 1. The number of ether oxygens (including phenoxy) is 1. The number of carboxylic acid groups (broad SMARTS) is 1. The van der Waals surface area contributed by atoms with Crippen LogP contribution in [0.2, 0.25) is 0 Å². The minimum absolute atomic E-state index is 0.218. The number of hydrogen-bond donors (Lipinski definition) is 2. The minimum Gasteiger partial charge on any atom is -0.497 e. The van der Waals surface area contributed by atoms with Crippen LogP contribution in [-0.4, -0.2) is 30.3 Å². The van der Waals surface area contributed by atoms with Gasteiger partial charge in [-0.05, 0) is 55.0 Å². The van der Waals surface area contributed by atoms with Crippen LogP contribution in [-0.2, 0) is 0 Å². The Hall–Kier alpha value is -3.87. The fraction of sp³-hybridized carbons (Fsp3) is 0.0952. The van der Waals surface area contributed by atoms with Crippen molar-refractivity contribution in [3.8, 4) is 17.1 Å². The molecule has 2 N–H and O–H groups in total. The molecule has 0 radical (unpaired) electrons. The molecular formula is C21H18N2O5. The molecule has 0 fully saturated rings. The molecule has 0 saturated carbocycles. The van der Waals surface area contributed by atoms with Gasteiger partial charge >= 0.3 is 5.97 Å². The number of rotatable bonds is 6. The van der Waals surface area contributed by atoms with Gasteiger partial charge in [0.15, 0.2) is 0 Å². The van der Waals surface area contributed by atoms with Gasteiger partial charge in [-0.2, -0.15) is 5.10 Å². The zero-order valence-electron chi connectivity index (χ0n) is 15.3. The second-order valence-electron chi connectivity index (χ2n) is 5.96. The summed E-state index contributed by atoms with van der Waals surface area (Å²) < 4.78 is 10.7. The van der Waals surface area contributed by atoms with Crippen LogP contribution in [0.3, 0.4) is 0 Å². The Balaban J connectivity index is 1.68. The van der Waals surface area contributed by atoms with Gasteiger partial charge in [0.1, 0.15) is 17.3 Å². The Labute approximate surface area is 161 Å². The Morgan fingerprint density at radius 3 is 2.54 bits per heavy atom. The standard InChI is InChI=1S/C21H18N2O5/c1-13-3-4-15(11-18(13)21(25)26)19-10-9-17(28-19)12-22-23-20(24)14-5-7-16(27-2)8-6-14/h3-12H,1-2H3,(H,23,24)(H,25,26)/b22-12-. The highest BCUT2D eigenvalue weighted by Gasteiger charge is 2.11. The van der Waals surface area contributed by atoms with Crippen molar-refractivity contribution in [3.63, 3.8) is 0 Å². The van der Waals surface area contributed by atoms with E-state index in [9.17, 15) is 14.7 Å². The molecule has 0 aliphatic heterocycles. The number of benzene rings is 2. The van der Waals surface area contributed by atoms with Gasteiger partial charge in [-0.3, -0.25) is 4.79 Å². The van der Waals surface area contributed by atoms with Crippen molar-refractivity contribution in [2.45, 2.75) is 6.92 Å². The Kier molecular flexibility index (Phi) is 5.55. The average Bonchev–Trinajstić information content (AvgIpc) is 3.17. The van der Waals surface area contributed by atoms with E-state index in [1.165, 1.54) is 6.21 Å². The van der Waals surface area contributed by atoms with Crippen LogP contribution < -0.4 is 10.2 Å². The first-order valence-corrected chi connectivity index (χ1v) is 8.39. The average molecular weight is 378 g/mol. The number of nitrogens with one attached hydrogen (secondary N) is 1. The number of hydrogen-bond acceptors (Lipinski definition) is 5. The molecule has 1 amide bonds. The number of carbonyl (C=O) groups is 2. The fourth-order valence-electron chi connectivity index (χ4n) is 2.54. The van der Waals surface area contributed by atoms with Crippen molar-refractivity contribution in [2.75, 3.05) is 7.11 Å². The van der Waals surface area contributed by atoms with E-state index in [1.54, 1.807) is 68.6 Å². The summed E-state index contributed by atoms with van der Waals surface area (Å²) in [6, 6.07) is 15.1. The number of furan rings is 1. The van der Waals surface area contributed by atoms with Gasteiger partial charge in [0.05, 0.1) is 18.9 Å². The Bertz CT molecular complexity index is 1040. The van der Waals surface area contributed by atoms with Crippen molar-refractivity contribution in [1.29, 1.82) is 0 Å². The van der Waals surface area contributed by atoms with E-state index in [1.807, 2.05) is 0 Å². The summed E-state index contributed by atoms with van der Waals surface area (Å²) in [4.78, 5) is 23.3. The van der Waals surface area contributed by atoms with Crippen molar-refractivity contribution < 1.29 is 23.8 Å². The maximum absolute atomic E-state index is 12.0. The third-order valence-corrected chi connectivity index (χ3v) is 4.09. The van der Waals surface area contributed by atoms with Gasteiger partial charge in [0, 0.05) is 11.1 Å². The van der Waals surface area contributed by atoms with E-state index in [4.69, 9.17) is 9.15 Å². The van der Waals surface area contributed by atoms with Crippen molar-refractivity contribution in [3.05, 3.63) is 77.0 Å². The maximum atomic E-state index is 12.0. The molecule has 7 nitrogen and oxygen atoms in total. The lowest BCUT2D eigenvalue weighted by Gasteiger charge is -2.03. The first-order chi connectivity index (χ1) is 13.5. The molecule has 0 bridgehead atoms. The van der Waals surface area contributed by atoms with Gasteiger partial charge in [-0.25, -0.2) is 10.2 Å². The lowest BCUT2D eigenvalue weighted by molar-refractivity contribution is 0.0696. The smallest absolute Gasteiger partial charge is 0.335 e. The van der Waals surface area contributed by atoms with Crippen molar-refractivity contribution >= 4 is 18.1 Å². The number of aromatic carboxylic acids is 1. The predicted molar refractivity (Wildman–Crippen MR) is 104 cm³/mol. The molecule has 7 heteroatoms. The molecule has 0 spiro atoms. The van der Waals surface area contributed by atoms with Gasteiger partial charge in [0.2, 0.25) is 0 Å². The highest BCUT2D eigenvalue weighted by Crippen LogP contribution is 2.24. The molecule has 1 aromatic heterocycles. The summed E-state index contributed by atoms with van der Waals surface area (Å²) in [6.45, 7) is 1.74. The molecule has 142 valence electrons. The summed E-state index contributed by atoms with van der Waals surface area (Å²) >= 11 is 0. The quantitative estimate of drug-likeness (QED) is 0.503. The number of carboxylic acids is 1. The molecule has 28 heavy (non-hydrogen) atoms. The number of hydrazone groups is 1. The molecule has 0 saturated heterocycles. The summed E-state index contributed by atoms with van der Waals surface area (Å²) in [5, 5.41) is 13.1. The molecule has 1 heterocycles. The number of methoxy groups -OCH3 is 1. The second-order valence-corrected chi connectivity index (χ2v) is 5.96. The first-order valence-electron chi connectivity index (χ1n) is 8.39. The number of aryl methyl sites for hydroxylation is 1. The maximum Gasteiger partial charge on any atom is 0.335 e. The van der Waals surface area contributed by atoms with Crippen LogP contribution in [0.1, 0.15) is 32.0 Å². The number of amides is 1. The number of nitrogens with zero attached hydrogens (tertiary/aromatic N) is 1. The Morgan fingerprint density at radius 2 is 1.86 bits per heavy atom. The van der Waals surface area contributed by atoms with Crippen molar-refractivity contribution in [2.24, 2.45) is 5.10 Å². The molecule has 3 aromatic rings. The van der Waals surface area contributed by atoms with E-state index in [2.05, 4.69) is 10.5 Å². The second kappa shape index (κ2) is 8.22. The van der Waals surface area contributed by atoms with E-state index in [-0.39, 0.29) is 11.5 Å². The third kappa shape index (κ3) is 4.27. The summed E-state index contributed by atoms with van der Waals surface area (Å²) in [6.07, 6.45) is 1.37. The Morgan fingerprint density at radius 1 is 1.11 bits per heavy atom. The summed E-state index contributed by atoms with van der Waals surface area (Å²) in [7, 11) is 1.55. The molecule has 0 aliphatic rings. The molecule has 3 rings (SSSR count). The zero-order valence-corrected chi connectivity index (χ0v) is 15.3. The minimum atomic E-state index is -0.992. The van der Waals surface area contributed by atoms with Crippen LogP contribution in [0.25, 0.3) is 11.3 Å². The van der Waals surface area contributed by atoms with Crippen LogP contribution in [0, 0.1) is 6.92 Å². The van der Waals surface area contributed by atoms with E-state index < -0.39 is 5.97 Å². The topological polar surface area (TPSA) is 101 Å². The van der Waals surface area contributed by atoms with Crippen LogP contribution in [0.4, 0.5) is 0 Å². The predicted octanol–water partition coefficient (Wildman–Crippen LogP) is 3.73. The van der Waals surface area contributed by atoms with Gasteiger partial charge in [-0.1, -0.05) is 12.1 Å². The van der Waals surface area contributed by atoms with Crippen LogP contribution >= 0.6 is 0 Å². The normalized spacial score (nSPS) is 10.8. The van der Waals surface area contributed by atoms with E-state index in [0.29, 0.717) is 34.0 Å². The lowest BCUT2D eigenvalue weighted by atomic mass is 10.0. The first kappa shape index (κ1) is 18.9. The zero-order chi connectivity index (χ0) is 20.1. The molecule has 0 unspecified atom stereocenters. The highest BCUT2D eigenvalue weighted by atomic mass is 16.5. The van der Waals surface area contributed by atoms with Gasteiger partial charge in [-0.15, -0.1) is 0 Å².